The van der Waals surface area contributed by atoms with Gasteiger partial charge in [-0.25, -0.2) is 0 Å². The van der Waals surface area contributed by atoms with E-state index in [1.54, 1.807) is 18.2 Å². The van der Waals surface area contributed by atoms with Gasteiger partial charge in [0.1, 0.15) is 6.04 Å². The SMILES string of the molecule is CC(NC(=O)c1ccccc1Cl)C(=O)NCc1ccc(C(F)(F)F)cc1. The molecule has 1 atom stereocenters. The second-order valence-electron chi connectivity index (χ2n) is 5.59. The third-order valence-corrected chi connectivity index (χ3v) is 3.94. The quantitative estimate of drug-likeness (QED) is 0.824. The molecule has 0 aromatic heterocycles. The van der Waals surface area contributed by atoms with E-state index in [4.69, 9.17) is 11.6 Å². The van der Waals surface area contributed by atoms with E-state index >= 15 is 0 Å². The molecule has 2 aromatic carbocycles. The first-order chi connectivity index (χ1) is 12.2. The van der Waals surface area contributed by atoms with Crippen LogP contribution in [0.5, 0.6) is 0 Å². The van der Waals surface area contributed by atoms with Crippen molar-refractivity contribution in [3.05, 3.63) is 70.2 Å². The topological polar surface area (TPSA) is 58.2 Å². The molecule has 2 rings (SSSR count). The third kappa shape index (κ3) is 5.23. The van der Waals surface area contributed by atoms with Crippen LogP contribution in [0.2, 0.25) is 5.02 Å². The van der Waals surface area contributed by atoms with Crippen LogP contribution in [0.15, 0.2) is 48.5 Å². The molecule has 2 aromatic rings. The van der Waals surface area contributed by atoms with Crippen LogP contribution in [0.3, 0.4) is 0 Å². The van der Waals surface area contributed by atoms with Crippen molar-refractivity contribution in [1.29, 1.82) is 0 Å². The molecule has 2 amide bonds. The summed E-state index contributed by atoms with van der Waals surface area (Å²) in [5, 5.41) is 5.34. The minimum Gasteiger partial charge on any atom is -0.350 e. The fraction of sp³-hybridized carbons (Fsp3) is 0.222. The zero-order chi connectivity index (χ0) is 19.3. The highest BCUT2D eigenvalue weighted by atomic mass is 35.5. The molecule has 1 unspecified atom stereocenters. The number of rotatable bonds is 5. The summed E-state index contributed by atoms with van der Waals surface area (Å²) in [5.41, 5.74) is 0.000448. The van der Waals surface area contributed by atoms with E-state index in [1.165, 1.54) is 25.1 Å². The van der Waals surface area contributed by atoms with Gasteiger partial charge in [0, 0.05) is 6.54 Å². The number of hydrogen-bond acceptors (Lipinski definition) is 2. The number of carbonyl (C=O) groups excluding carboxylic acids is 2. The number of nitrogens with one attached hydrogen (secondary N) is 2. The normalized spacial score (nSPS) is 12.3. The van der Waals surface area contributed by atoms with E-state index in [2.05, 4.69) is 10.6 Å². The van der Waals surface area contributed by atoms with Crippen LogP contribution in [-0.4, -0.2) is 17.9 Å². The number of amides is 2. The number of hydrogen-bond donors (Lipinski definition) is 2. The molecule has 0 radical (unpaired) electrons. The molecule has 0 aliphatic rings. The molecule has 0 saturated heterocycles. The average Bonchev–Trinajstić information content (AvgIpc) is 2.59. The maximum Gasteiger partial charge on any atom is 0.416 e. The van der Waals surface area contributed by atoms with Crippen LogP contribution >= 0.6 is 11.6 Å². The minimum atomic E-state index is -4.40. The van der Waals surface area contributed by atoms with Crippen LogP contribution in [-0.2, 0) is 17.5 Å². The largest absolute Gasteiger partial charge is 0.416 e. The van der Waals surface area contributed by atoms with E-state index in [-0.39, 0.29) is 17.1 Å². The van der Waals surface area contributed by atoms with Gasteiger partial charge in [0.25, 0.3) is 5.91 Å². The Morgan fingerprint density at radius 1 is 1.08 bits per heavy atom. The highest BCUT2D eigenvalue weighted by Gasteiger charge is 2.29. The fourth-order valence-corrected chi connectivity index (χ4v) is 2.36. The second kappa shape index (κ2) is 8.23. The average molecular weight is 385 g/mol. The summed E-state index contributed by atoms with van der Waals surface area (Å²) in [6, 6.07) is 10.1. The Balaban J connectivity index is 1.89. The van der Waals surface area contributed by atoms with Gasteiger partial charge in [0.05, 0.1) is 16.1 Å². The molecule has 0 fully saturated rings. The summed E-state index contributed by atoms with van der Waals surface area (Å²) in [6.45, 7) is 1.54. The molecule has 0 bridgehead atoms. The third-order valence-electron chi connectivity index (χ3n) is 3.61. The van der Waals surface area contributed by atoms with Crippen LogP contribution in [0.4, 0.5) is 13.2 Å². The maximum atomic E-state index is 12.5. The molecule has 26 heavy (non-hydrogen) atoms. The Kier molecular flexibility index (Phi) is 6.26. The minimum absolute atomic E-state index is 0.0449. The van der Waals surface area contributed by atoms with Crippen molar-refractivity contribution < 1.29 is 22.8 Å². The summed E-state index contributed by atoms with van der Waals surface area (Å²) in [5.74, 6) is -0.960. The van der Waals surface area contributed by atoms with Gasteiger partial charge in [-0.3, -0.25) is 9.59 Å². The first kappa shape index (κ1) is 19.8. The predicted octanol–water partition coefficient (Wildman–Crippen LogP) is 3.79. The van der Waals surface area contributed by atoms with Crippen LogP contribution in [0.25, 0.3) is 0 Å². The van der Waals surface area contributed by atoms with Gasteiger partial charge in [-0.05, 0) is 36.8 Å². The van der Waals surface area contributed by atoms with Gasteiger partial charge in [-0.2, -0.15) is 13.2 Å². The predicted molar refractivity (Wildman–Crippen MR) is 91.7 cm³/mol. The van der Waals surface area contributed by atoms with Crippen molar-refractivity contribution in [2.24, 2.45) is 0 Å². The van der Waals surface area contributed by atoms with Crippen molar-refractivity contribution >= 4 is 23.4 Å². The Labute approximate surface area is 153 Å². The number of benzene rings is 2. The number of carbonyl (C=O) groups is 2. The summed E-state index contributed by atoms with van der Waals surface area (Å²) < 4.78 is 37.5. The lowest BCUT2D eigenvalue weighted by atomic mass is 10.1. The molecule has 0 aliphatic carbocycles. The highest BCUT2D eigenvalue weighted by Crippen LogP contribution is 2.29. The monoisotopic (exact) mass is 384 g/mol. The lowest BCUT2D eigenvalue weighted by molar-refractivity contribution is -0.137. The molecular weight excluding hydrogens is 369 g/mol. The summed E-state index contributed by atoms with van der Waals surface area (Å²) in [7, 11) is 0. The first-order valence-electron chi connectivity index (χ1n) is 7.67. The van der Waals surface area contributed by atoms with E-state index in [1.807, 2.05) is 0 Å². The Bertz CT molecular complexity index is 792. The highest BCUT2D eigenvalue weighted by molar-refractivity contribution is 6.33. The van der Waals surface area contributed by atoms with Crippen LogP contribution < -0.4 is 10.6 Å². The molecule has 4 nitrogen and oxygen atoms in total. The van der Waals surface area contributed by atoms with Gasteiger partial charge < -0.3 is 10.6 Å². The maximum absolute atomic E-state index is 12.5. The fourth-order valence-electron chi connectivity index (χ4n) is 2.14. The van der Waals surface area contributed by atoms with Crippen molar-refractivity contribution in [3.8, 4) is 0 Å². The lowest BCUT2D eigenvalue weighted by Gasteiger charge is -2.15. The molecule has 0 saturated carbocycles. The lowest BCUT2D eigenvalue weighted by Crippen LogP contribution is -2.44. The molecule has 138 valence electrons. The van der Waals surface area contributed by atoms with Crippen molar-refractivity contribution in [2.75, 3.05) is 0 Å². The number of alkyl halides is 3. The van der Waals surface area contributed by atoms with Crippen molar-refractivity contribution in [3.63, 3.8) is 0 Å². The van der Waals surface area contributed by atoms with E-state index in [0.717, 1.165) is 12.1 Å². The number of halogens is 4. The molecule has 8 heteroatoms. The standard InChI is InChI=1S/C18H16ClF3N2O2/c1-11(24-17(26)14-4-2-3-5-15(14)19)16(25)23-10-12-6-8-13(9-7-12)18(20,21)22/h2-9,11H,10H2,1H3,(H,23,25)(H,24,26). The second-order valence-corrected chi connectivity index (χ2v) is 5.99. The van der Waals surface area contributed by atoms with E-state index < -0.39 is 29.6 Å². The zero-order valence-electron chi connectivity index (χ0n) is 13.7. The van der Waals surface area contributed by atoms with Gasteiger partial charge >= 0.3 is 6.18 Å². The van der Waals surface area contributed by atoms with Gasteiger partial charge in [0.15, 0.2) is 0 Å². The van der Waals surface area contributed by atoms with Crippen molar-refractivity contribution in [1.82, 2.24) is 10.6 Å². The van der Waals surface area contributed by atoms with E-state index in [0.29, 0.717) is 5.56 Å². The molecule has 0 spiro atoms. The summed E-state index contributed by atoms with van der Waals surface area (Å²) in [4.78, 5) is 24.2. The van der Waals surface area contributed by atoms with Gasteiger partial charge in [0.2, 0.25) is 5.91 Å². The molecular formula is C18H16ClF3N2O2. The van der Waals surface area contributed by atoms with Gasteiger partial charge in [-0.15, -0.1) is 0 Å². The van der Waals surface area contributed by atoms with E-state index in [9.17, 15) is 22.8 Å². The summed E-state index contributed by atoms with van der Waals surface area (Å²) >= 11 is 5.93. The Hall–Kier alpha value is -2.54. The Morgan fingerprint density at radius 2 is 1.69 bits per heavy atom. The van der Waals surface area contributed by atoms with Gasteiger partial charge in [-0.1, -0.05) is 35.9 Å². The molecule has 0 aliphatic heterocycles. The molecule has 2 N–H and O–H groups in total. The summed E-state index contributed by atoms with van der Waals surface area (Å²) in [6.07, 6.45) is -4.40. The Morgan fingerprint density at radius 3 is 2.27 bits per heavy atom. The zero-order valence-corrected chi connectivity index (χ0v) is 14.5. The van der Waals surface area contributed by atoms with Crippen LogP contribution in [0, 0.1) is 0 Å². The van der Waals surface area contributed by atoms with Crippen molar-refractivity contribution in [2.45, 2.75) is 25.7 Å². The smallest absolute Gasteiger partial charge is 0.350 e. The molecule has 0 heterocycles. The first-order valence-corrected chi connectivity index (χ1v) is 8.05. The van der Waals surface area contributed by atoms with Crippen LogP contribution in [0.1, 0.15) is 28.4 Å².